The molecular formula is C12H19ClN6O. The standard InChI is InChI=1S/C12H18N6O.ClH/c1-8(18-7-9(13)12(16-18)19-2)11-15-14-10-5-3-4-6-17(10)11;/h7-8H,3-6,13H2,1-2H3;1H. The van der Waals surface area contributed by atoms with Gasteiger partial charge in [-0.15, -0.1) is 27.7 Å². The fourth-order valence-corrected chi connectivity index (χ4v) is 2.50. The maximum atomic E-state index is 5.83. The Morgan fingerprint density at radius 1 is 1.35 bits per heavy atom. The molecule has 0 aromatic carbocycles. The molecule has 0 saturated heterocycles. The molecule has 7 nitrogen and oxygen atoms in total. The number of fused-ring (bicyclic) bond motifs is 1. The third kappa shape index (κ3) is 2.33. The van der Waals surface area contributed by atoms with E-state index >= 15 is 0 Å². The first-order chi connectivity index (χ1) is 9.20. The number of halogens is 1. The molecular weight excluding hydrogens is 280 g/mol. The van der Waals surface area contributed by atoms with E-state index in [9.17, 15) is 0 Å². The van der Waals surface area contributed by atoms with E-state index in [1.807, 2.05) is 6.92 Å². The number of ether oxygens (including phenoxy) is 1. The van der Waals surface area contributed by atoms with Gasteiger partial charge in [0, 0.05) is 13.0 Å². The van der Waals surface area contributed by atoms with Crippen LogP contribution in [0.1, 0.15) is 37.5 Å². The molecule has 110 valence electrons. The van der Waals surface area contributed by atoms with Crippen molar-refractivity contribution < 1.29 is 4.74 Å². The van der Waals surface area contributed by atoms with Gasteiger partial charge in [-0.3, -0.25) is 4.68 Å². The van der Waals surface area contributed by atoms with Crippen LogP contribution in [-0.4, -0.2) is 31.7 Å². The molecule has 2 aromatic heterocycles. The number of anilines is 1. The fraction of sp³-hybridized carbons (Fsp3) is 0.583. The molecule has 0 saturated carbocycles. The summed E-state index contributed by atoms with van der Waals surface area (Å²) in [5.41, 5.74) is 6.36. The van der Waals surface area contributed by atoms with Crippen molar-refractivity contribution in [3.8, 4) is 5.88 Å². The molecule has 2 N–H and O–H groups in total. The van der Waals surface area contributed by atoms with Crippen LogP contribution in [0.25, 0.3) is 0 Å². The minimum absolute atomic E-state index is 0. The largest absolute Gasteiger partial charge is 0.478 e. The van der Waals surface area contributed by atoms with E-state index in [1.165, 1.54) is 12.8 Å². The van der Waals surface area contributed by atoms with E-state index in [2.05, 4.69) is 19.9 Å². The van der Waals surface area contributed by atoms with Crippen LogP contribution in [-0.2, 0) is 13.0 Å². The third-order valence-electron chi connectivity index (χ3n) is 3.58. The van der Waals surface area contributed by atoms with Gasteiger partial charge in [0.15, 0.2) is 5.82 Å². The zero-order valence-corrected chi connectivity index (χ0v) is 12.4. The summed E-state index contributed by atoms with van der Waals surface area (Å²) in [6.45, 7) is 3.02. The van der Waals surface area contributed by atoms with E-state index in [4.69, 9.17) is 10.5 Å². The van der Waals surface area contributed by atoms with Crippen LogP contribution >= 0.6 is 12.4 Å². The Morgan fingerprint density at radius 2 is 2.15 bits per heavy atom. The maximum Gasteiger partial charge on any atom is 0.256 e. The Labute approximate surface area is 123 Å². The van der Waals surface area contributed by atoms with Gasteiger partial charge in [-0.1, -0.05) is 0 Å². The highest BCUT2D eigenvalue weighted by Gasteiger charge is 2.22. The molecule has 8 heteroatoms. The van der Waals surface area contributed by atoms with Crippen LogP contribution in [0, 0.1) is 0 Å². The lowest BCUT2D eigenvalue weighted by Crippen LogP contribution is -2.18. The number of hydrogen-bond donors (Lipinski definition) is 1. The highest BCUT2D eigenvalue weighted by molar-refractivity contribution is 5.85. The zero-order valence-electron chi connectivity index (χ0n) is 11.6. The zero-order chi connectivity index (χ0) is 13.4. The SMILES string of the molecule is COc1nn(C(C)c2nnc3n2CCCC3)cc1N.Cl. The van der Waals surface area contributed by atoms with E-state index < -0.39 is 0 Å². The first kappa shape index (κ1) is 14.6. The second-order valence-corrected chi connectivity index (χ2v) is 4.83. The normalized spacial score (nSPS) is 15.3. The molecule has 20 heavy (non-hydrogen) atoms. The lowest BCUT2D eigenvalue weighted by molar-refractivity contribution is 0.382. The van der Waals surface area contributed by atoms with Crippen LogP contribution < -0.4 is 10.5 Å². The summed E-state index contributed by atoms with van der Waals surface area (Å²) >= 11 is 0. The Bertz CT molecular complexity index is 593. The van der Waals surface area contributed by atoms with Gasteiger partial charge < -0.3 is 15.0 Å². The quantitative estimate of drug-likeness (QED) is 0.927. The van der Waals surface area contributed by atoms with Gasteiger partial charge in [0.1, 0.15) is 17.6 Å². The van der Waals surface area contributed by atoms with Crippen molar-refractivity contribution in [3.05, 3.63) is 17.8 Å². The van der Waals surface area contributed by atoms with Gasteiger partial charge in [-0.25, -0.2) is 0 Å². The summed E-state index contributed by atoms with van der Waals surface area (Å²) in [7, 11) is 1.56. The number of nitrogens with zero attached hydrogens (tertiary/aromatic N) is 5. The summed E-state index contributed by atoms with van der Waals surface area (Å²) in [5, 5.41) is 12.9. The van der Waals surface area contributed by atoms with Gasteiger partial charge in [-0.05, 0) is 19.8 Å². The Kier molecular flexibility index (Phi) is 4.17. The summed E-state index contributed by atoms with van der Waals surface area (Å²) in [6.07, 6.45) is 5.14. The molecule has 3 rings (SSSR count). The molecule has 2 aromatic rings. The van der Waals surface area contributed by atoms with Crippen molar-refractivity contribution in [2.45, 2.75) is 38.8 Å². The third-order valence-corrected chi connectivity index (χ3v) is 3.58. The number of aromatic nitrogens is 5. The summed E-state index contributed by atoms with van der Waals surface area (Å²) < 4.78 is 9.08. The molecule has 1 aliphatic heterocycles. The lowest BCUT2D eigenvalue weighted by Gasteiger charge is -2.18. The molecule has 0 spiro atoms. The van der Waals surface area contributed by atoms with Crippen LogP contribution in [0.2, 0.25) is 0 Å². The highest BCUT2D eigenvalue weighted by atomic mass is 35.5. The second-order valence-electron chi connectivity index (χ2n) is 4.83. The van der Waals surface area contributed by atoms with E-state index in [1.54, 1.807) is 18.0 Å². The highest BCUT2D eigenvalue weighted by Crippen LogP contribution is 2.25. The Morgan fingerprint density at radius 3 is 2.85 bits per heavy atom. The van der Waals surface area contributed by atoms with Crippen molar-refractivity contribution in [1.29, 1.82) is 0 Å². The fourth-order valence-electron chi connectivity index (χ4n) is 2.50. The van der Waals surface area contributed by atoms with Crippen molar-refractivity contribution in [3.63, 3.8) is 0 Å². The molecule has 1 unspecified atom stereocenters. The first-order valence-electron chi connectivity index (χ1n) is 6.51. The molecule has 0 radical (unpaired) electrons. The summed E-state index contributed by atoms with van der Waals surface area (Å²) in [4.78, 5) is 0. The maximum absolute atomic E-state index is 5.83. The molecule has 3 heterocycles. The average Bonchev–Trinajstić information content (AvgIpc) is 3.01. The van der Waals surface area contributed by atoms with Gasteiger partial charge in [-0.2, -0.15) is 0 Å². The Balaban J connectivity index is 0.00000147. The summed E-state index contributed by atoms with van der Waals surface area (Å²) in [5.74, 6) is 2.45. The van der Waals surface area contributed by atoms with Crippen molar-refractivity contribution in [2.24, 2.45) is 0 Å². The van der Waals surface area contributed by atoms with Crippen molar-refractivity contribution in [2.75, 3.05) is 12.8 Å². The van der Waals surface area contributed by atoms with Gasteiger partial charge in [0.2, 0.25) is 0 Å². The molecule has 1 atom stereocenters. The number of hydrogen-bond acceptors (Lipinski definition) is 5. The number of aryl methyl sites for hydroxylation is 1. The predicted molar refractivity (Wildman–Crippen MR) is 77.2 cm³/mol. The number of nitrogens with two attached hydrogens (primary N) is 1. The second kappa shape index (κ2) is 5.70. The van der Waals surface area contributed by atoms with E-state index in [0.717, 1.165) is 24.6 Å². The number of methoxy groups -OCH3 is 1. The van der Waals surface area contributed by atoms with Crippen LogP contribution in [0.3, 0.4) is 0 Å². The van der Waals surface area contributed by atoms with E-state index in [-0.39, 0.29) is 18.4 Å². The topological polar surface area (TPSA) is 83.8 Å². The first-order valence-corrected chi connectivity index (χ1v) is 6.51. The van der Waals surface area contributed by atoms with Crippen molar-refractivity contribution >= 4 is 18.1 Å². The van der Waals surface area contributed by atoms with Crippen molar-refractivity contribution in [1.82, 2.24) is 24.5 Å². The van der Waals surface area contributed by atoms with Crippen LogP contribution in [0.15, 0.2) is 6.20 Å². The Hall–Kier alpha value is -1.76. The van der Waals surface area contributed by atoms with E-state index in [0.29, 0.717) is 11.6 Å². The minimum Gasteiger partial charge on any atom is -0.478 e. The van der Waals surface area contributed by atoms with Crippen LogP contribution in [0.4, 0.5) is 5.69 Å². The predicted octanol–water partition coefficient (Wildman–Crippen LogP) is 1.43. The lowest BCUT2D eigenvalue weighted by atomic mass is 10.1. The van der Waals surface area contributed by atoms with Gasteiger partial charge in [0.25, 0.3) is 5.88 Å². The molecule has 0 fully saturated rings. The minimum atomic E-state index is -0.00875. The molecule has 0 aliphatic carbocycles. The molecule has 0 bridgehead atoms. The van der Waals surface area contributed by atoms with Gasteiger partial charge in [0.05, 0.1) is 13.3 Å². The smallest absolute Gasteiger partial charge is 0.256 e. The number of rotatable bonds is 3. The monoisotopic (exact) mass is 298 g/mol. The van der Waals surface area contributed by atoms with Crippen LogP contribution in [0.5, 0.6) is 5.88 Å². The molecule has 1 aliphatic rings. The molecule has 0 amide bonds. The summed E-state index contributed by atoms with van der Waals surface area (Å²) in [6, 6.07) is -0.00875. The van der Waals surface area contributed by atoms with Gasteiger partial charge >= 0.3 is 0 Å². The average molecular weight is 299 g/mol. The number of nitrogen functional groups attached to an aromatic ring is 1.